The highest BCUT2D eigenvalue weighted by atomic mass is 16.4. The quantitative estimate of drug-likeness (QED) is 0.752. The van der Waals surface area contributed by atoms with Crippen molar-refractivity contribution >= 4 is 17.0 Å². The van der Waals surface area contributed by atoms with E-state index in [0.717, 1.165) is 16.6 Å². The van der Waals surface area contributed by atoms with Crippen LogP contribution >= 0.6 is 0 Å². The van der Waals surface area contributed by atoms with Crippen LogP contribution in [0.2, 0.25) is 0 Å². The minimum Gasteiger partial charge on any atom is -0.480 e. The van der Waals surface area contributed by atoms with E-state index in [-0.39, 0.29) is 0 Å². The molecule has 2 rings (SSSR count). The van der Waals surface area contributed by atoms with Gasteiger partial charge in [-0.15, -0.1) is 0 Å². The Labute approximate surface area is 99.7 Å². The lowest BCUT2D eigenvalue weighted by Crippen LogP contribution is -2.32. The normalized spacial score (nSPS) is 11.7. The van der Waals surface area contributed by atoms with Crippen LogP contribution in [0.25, 0.3) is 11.0 Å². The van der Waals surface area contributed by atoms with E-state index in [4.69, 9.17) is 10.8 Å². The van der Waals surface area contributed by atoms with E-state index in [9.17, 15) is 4.79 Å². The molecule has 0 aliphatic rings. The molecule has 0 aliphatic carbocycles. The van der Waals surface area contributed by atoms with Crippen LogP contribution < -0.4 is 5.73 Å². The summed E-state index contributed by atoms with van der Waals surface area (Å²) in [6, 6.07) is 2.83. The lowest BCUT2D eigenvalue weighted by atomic mass is 10.1. The van der Waals surface area contributed by atoms with Gasteiger partial charge in [0.2, 0.25) is 0 Å². The molecule has 92 valence electrons. The number of hydrogen-bond donors (Lipinski definition) is 3. The Morgan fingerprint density at radius 2 is 2.29 bits per heavy atom. The Balaban J connectivity index is 0.000000686. The van der Waals surface area contributed by atoms with Crippen LogP contribution in [0.5, 0.6) is 0 Å². The summed E-state index contributed by atoms with van der Waals surface area (Å²) in [6.07, 6.45) is 3.74. The van der Waals surface area contributed by atoms with Gasteiger partial charge >= 0.3 is 5.97 Å². The molecule has 17 heavy (non-hydrogen) atoms. The van der Waals surface area contributed by atoms with E-state index < -0.39 is 12.0 Å². The van der Waals surface area contributed by atoms with E-state index in [0.29, 0.717) is 6.42 Å². The van der Waals surface area contributed by atoms with Gasteiger partial charge in [-0.3, -0.25) is 4.79 Å². The highest BCUT2D eigenvalue weighted by molar-refractivity contribution is 5.81. The van der Waals surface area contributed by atoms with E-state index in [1.54, 1.807) is 12.4 Å². The van der Waals surface area contributed by atoms with Crippen molar-refractivity contribution < 1.29 is 9.90 Å². The Hall–Kier alpha value is -1.88. The number of aromatic amines is 1. The van der Waals surface area contributed by atoms with Crippen LogP contribution in [0.1, 0.15) is 19.4 Å². The van der Waals surface area contributed by atoms with Crippen LogP contribution in [0.4, 0.5) is 0 Å². The second-order valence-electron chi connectivity index (χ2n) is 3.36. The first-order valence-corrected chi connectivity index (χ1v) is 5.58. The number of nitrogens with one attached hydrogen (secondary N) is 1. The number of H-pyrrole nitrogens is 1. The predicted molar refractivity (Wildman–Crippen MR) is 66.8 cm³/mol. The molecule has 0 amide bonds. The zero-order chi connectivity index (χ0) is 12.8. The third-order valence-corrected chi connectivity index (χ3v) is 2.29. The van der Waals surface area contributed by atoms with Crippen molar-refractivity contribution in [1.29, 1.82) is 0 Å². The molecule has 0 saturated heterocycles. The molecule has 2 aromatic rings. The van der Waals surface area contributed by atoms with E-state index in [1.165, 1.54) is 0 Å². The van der Waals surface area contributed by atoms with Gasteiger partial charge in [0.05, 0.1) is 0 Å². The Kier molecular flexibility index (Phi) is 4.66. The topological polar surface area (TPSA) is 92.0 Å². The Morgan fingerprint density at radius 1 is 1.59 bits per heavy atom. The molecule has 0 saturated carbocycles. The van der Waals surface area contributed by atoms with Gasteiger partial charge in [-0.1, -0.05) is 13.8 Å². The molecule has 5 heteroatoms. The Bertz CT molecular complexity index is 493. The lowest BCUT2D eigenvalue weighted by Gasteiger charge is -2.04. The average Bonchev–Trinajstić information content (AvgIpc) is 2.75. The van der Waals surface area contributed by atoms with E-state index in [1.807, 2.05) is 26.0 Å². The average molecular weight is 235 g/mol. The molecule has 2 heterocycles. The number of carboxylic acids is 1. The van der Waals surface area contributed by atoms with Gasteiger partial charge in [0.25, 0.3) is 0 Å². The molecule has 0 spiro atoms. The third kappa shape index (κ3) is 3.04. The zero-order valence-corrected chi connectivity index (χ0v) is 9.97. The van der Waals surface area contributed by atoms with Crippen molar-refractivity contribution in [2.24, 2.45) is 5.73 Å². The minimum atomic E-state index is -0.992. The van der Waals surface area contributed by atoms with Crippen molar-refractivity contribution in [1.82, 2.24) is 9.97 Å². The highest BCUT2D eigenvalue weighted by Gasteiger charge is 2.14. The summed E-state index contributed by atoms with van der Waals surface area (Å²) in [5, 5.41) is 9.63. The number of pyridine rings is 1. The number of rotatable bonds is 3. The number of nitrogens with two attached hydrogens (primary N) is 1. The second kappa shape index (κ2) is 6.00. The van der Waals surface area contributed by atoms with E-state index >= 15 is 0 Å². The van der Waals surface area contributed by atoms with Crippen molar-refractivity contribution in [3.05, 3.63) is 30.1 Å². The fraction of sp³-hybridized carbons (Fsp3) is 0.333. The number of nitrogens with zero attached hydrogens (tertiary/aromatic N) is 1. The van der Waals surface area contributed by atoms with Gasteiger partial charge in [0, 0.05) is 24.2 Å². The monoisotopic (exact) mass is 235 g/mol. The molecule has 0 aliphatic heterocycles. The largest absolute Gasteiger partial charge is 0.480 e. The molecular formula is C12H17N3O2. The summed E-state index contributed by atoms with van der Waals surface area (Å²) in [4.78, 5) is 17.7. The maximum absolute atomic E-state index is 10.6. The number of carbonyl (C=O) groups is 1. The van der Waals surface area contributed by atoms with Gasteiger partial charge in [-0.2, -0.15) is 0 Å². The molecule has 4 N–H and O–H groups in total. The van der Waals surface area contributed by atoms with Gasteiger partial charge in [-0.05, 0) is 17.7 Å². The number of aliphatic carboxylic acids is 1. The maximum atomic E-state index is 10.6. The minimum absolute atomic E-state index is 0.307. The summed E-state index contributed by atoms with van der Waals surface area (Å²) in [5.74, 6) is -0.992. The SMILES string of the molecule is CC.N[C@H](Cc1c[nH]c2ncccc12)C(=O)O. The molecule has 0 fully saturated rings. The van der Waals surface area contributed by atoms with Crippen molar-refractivity contribution in [3.63, 3.8) is 0 Å². The third-order valence-electron chi connectivity index (χ3n) is 2.29. The Morgan fingerprint density at radius 3 is 2.94 bits per heavy atom. The van der Waals surface area contributed by atoms with Crippen LogP contribution in [0.15, 0.2) is 24.5 Å². The smallest absolute Gasteiger partial charge is 0.320 e. The summed E-state index contributed by atoms with van der Waals surface area (Å²) < 4.78 is 0. The summed E-state index contributed by atoms with van der Waals surface area (Å²) >= 11 is 0. The van der Waals surface area contributed by atoms with Crippen LogP contribution in [-0.4, -0.2) is 27.1 Å². The molecule has 1 atom stereocenters. The van der Waals surface area contributed by atoms with Crippen LogP contribution in [0.3, 0.4) is 0 Å². The standard InChI is InChI=1S/C10H11N3O2.C2H6/c11-8(10(14)15)4-6-5-13-9-7(6)2-1-3-12-9;1-2/h1-3,5,8H,4,11H2,(H,12,13)(H,14,15);1-2H3/t8-;/m1./s1. The summed E-state index contributed by atoms with van der Waals surface area (Å²) in [5.41, 5.74) is 7.10. The van der Waals surface area contributed by atoms with Gasteiger partial charge in [0.15, 0.2) is 0 Å². The zero-order valence-electron chi connectivity index (χ0n) is 9.97. The fourth-order valence-corrected chi connectivity index (χ4v) is 1.51. The van der Waals surface area contributed by atoms with Crippen molar-refractivity contribution in [2.75, 3.05) is 0 Å². The van der Waals surface area contributed by atoms with Gasteiger partial charge in [0.1, 0.15) is 11.7 Å². The van der Waals surface area contributed by atoms with Crippen LogP contribution in [-0.2, 0) is 11.2 Å². The van der Waals surface area contributed by atoms with Gasteiger partial charge < -0.3 is 15.8 Å². The number of hydrogen-bond acceptors (Lipinski definition) is 3. The molecule has 0 unspecified atom stereocenters. The molecule has 0 bridgehead atoms. The second-order valence-corrected chi connectivity index (χ2v) is 3.36. The molecule has 0 aromatic carbocycles. The highest BCUT2D eigenvalue weighted by Crippen LogP contribution is 2.16. The first-order valence-electron chi connectivity index (χ1n) is 5.58. The van der Waals surface area contributed by atoms with Crippen LogP contribution in [0, 0.1) is 0 Å². The lowest BCUT2D eigenvalue weighted by molar-refractivity contribution is -0.138. The molecule has 2 aromatic heterocycles. The number of aromatic nitrogens is 2. The molecular weight excluding hydrogens is 218 g/mol. The number of carboxylic acid groups (broad SMARTS) is 1. The van der Waals surface area contributed by atoms with Crippen molar-refractivity contribution in [3.8, 4) is 0 Å². The molecule has 5 nitrogen and oxygen atoms in total. The van der Waals surface area contributed by atoms with Gasteiger partial charge in [-0.25, -0.2) is 4.98 Å². The fourth-order valence-electron chi connectivity index (χ4n) is 1.51. The summed E-state index contributed by atoms with van der Waals surface area (Å²) in [6.45, 7) is 4.00. The predicted octanol–water partition coefficient (Wildman–Crippen LogP) is 1.54. The molecule has 0 radical (unpaired) electrons. The first kappa shape index (κ1) is 13.2. The number of fused-ring (bicyclic) bond motifs is 1. The first-order chi connectivity index (χ1) is 8.18. The van der Waals surface area contributed by atoms with E-state index in [2.05, 4.69) is 9.97 Å². The summed E-state index contributed by atoms with van der Waals surface area (Å²) in [7, 11) is 0. The maximum Gasteiger partial charge on any atom is 0.320 e. The van der Waals surface area contributed by atoms with Crippen molar-refractivity contribution in [2.45, 2.75) is 26.3 Å².